The second kappa shape index (κ2) is 13.5. The molecular weight excluding hydrogens is 610 g/mol. The van der Waals surface area contributed by atoms with Gasteiger partial charge in [0.25, 0.3) is 21.6 Å². The molecule has 240 valence electrons. The van der Waals surface area contributed by atoms with E-state index in [1.165, 1.54) is 11.7 Å². The highest BCUT2D eigenvalue weighted by Crippen LogP contribution is 2.35. The lowest BCUT2D eigenvalue weighted by atomic mass is 10.0. The smallest absolute Gasteiger partial charge is 0.272 e. The van der Waals surface area contributed by atoms with Crippen LogP contribution in [0.2, 0.25) is 0 Å². The quantitative estimate of drug-likeness (QED) is 0.199. The third-order valence-corrected chi connectivity index (χ3v) is 7.93. The van der Waals surface area contributed by atoms with Crippen molar-refractivity contribution >= 4 is 49.3 Å². The van der Waals surface area contributed by atoms with Crippen molar-refractivity contribution in [2.45, 2.75) is 25.4 Å². The highest BCUT2D eigenvalue weighted by Gasteiger charge is 2.30. The number of nitrogens with one attached hydrogen (secondary N) is 1. The van der Waals surface area contributed by atoms with E-state index >= 15 is 0 Å². The van der Waals surface area contributed by atoms with Gasteiger partial charge in [0.05, 0.1) is 30.9 Å². The molecule has 6 rings (SSSR count). The van der Waals surface area contributed by atoms with Crippen molar-refractivity contribution < 1.29 is 27.3 Å². The van der Waals surface area contributed by atoms with Crippen LogP contribution in [-0.4, -0.2) is 71.3 Å². The molecule has 13 heteroatoms. The van der Waals surface area contributed by atoms with Gasteiger partial charge < -0.3 is 19.5 Å². The third kappa shape index (κ3) is 6.95. The topological polar surface area (TPSA) is 153 Å². The van der Waals surface area contributed by atoms with E-state index in [4.69, 9.17) is 9.29 Å². The van der Waals surface area contributed by atoms with Crippen LogP contribution >= 0.6 is 0 Å². The van der Waals surface area contributed by atoms with E-state index in [0.717, 1.165) is 37.0 Å². The van der Waals surface area contributed by atoms with Gasteiger partial charge in [-0.25, -0.2) is 0 Å². The number of anilines is 1. The maximum absolute atomic E-state index is 14.0. The Morgan fingerprint density at radius 3 is 2.24 bits per heavy atom. The zero-order valence-electron chi connectivity index (χ0n) is 25.7. The number of pyridine rings is 2. The summed E-state index contributed by atoms with van der Waals surface area (Å²) >= 11 is 0. The van der Waals surface area contributed by atoms with E-state index in [2.05, 4.69) is 15.2 Å². The van der Waals surface area contributed by atoms with Gasteiger partial charge in [-0.3, -0.25) is 28.5 Å². The van der Waals surface area contributed by atoms with Crippen molar-refractivity contribution in [1.29, 1.82) is 0 Å². The van der Waals surface area contributed by atoms with Crippen LogP contribution in [-0.2, 0) is 23.7 Å². The number of hydrogen-bond acceptors (Lipinski definition) is 8. The molecule has 1 saturated heterocycles. The minimum absolute atomic E-state index is 0.0137. The molecule has 46 heavy (non-hydrogen) atoms. The first kappa shape index (κ1) is 32.4. The molecule has 0 radical (unpaired) electrons. The predicted octanol–water partition coefficient (Wildman–Crippen LogP) is 3.68. The molecule has 2 N–H and O–H groups in total. The largest absolute Gasteiger partial charge is 0.493 e. The summed E-state index contributed by atoms with van der Waals surface area (Å²) in [5.74, 6) is -0.257. The van der Waals surface area contributed by atoms with E-state index in [0.29, 0.717) is 22.9 Å². The number of para-hydroxylation sites is 1. The van der Waals surface area contributed by atoms with Crippen LogP contribution in [0, 0.1) is 0 Å². The third-order valence-electron chi connectivity index (χ3n) is 7.93. The molecular formula is C33H35N5O7S. The summed E-state index contributed by atoms with van der Waals surface area (Å²) in [4.78, 5) is 47.3. The van der Waals surface area contributed by atoms with Gasteiger partial charge in [0.15, 0.2) is 17.2 Å². The second-order valence-electron chi connectivity index (χ2n) is 11.0. The molecule has 1 aliphatic heterocycles. The number of aryl methyl sites for hydroxylation is 1. The molecule has 0 bridgehead atoms. The number of nitrogens with zero attached hydrogens (tertiary/aromatic N) is 4. The number of rotatable bonds is 7. The molecule has 0 unspecified atom stereocenters. The van der Waals surface area contributed by atoms with Crippen LogP contribution in [0.15, 0.2) is 83.9 Å². The Balaban J connectivity index is 0.000000775. The van der Waals surface area contributed by atoms with Gasteiger partial charge in [0, 0.05) is 55.2 Å². The fraction of sp³-hybridized carbons (Fsp3) is 0.273. The maximum atomic E-state index is 14.0. The van der Waals surface area contributed by atoms with Crippen LogP contribution in [0.25, 0.3) is 21.8 Å². The van der Waals surface area contributed by atoms with Crippen molar-refractivity contribution in [1.82, 2.24) is 19.4 Å². The van der Waals surface area contributed by atoms with Gasteiger partial charge in [0.2, 0.25) is 0 Å². The standard InChI is InChI=1S/C32H31N5O4.CH4O3S/c1-35-28-24-10-6-7-11-25(24)37(20-26(38)21-8-4-3-5-9-21)32(40)27(28)30(41-2)29(35)31(39)34-22-14-18-36(19-15-22)23-12-16-33-17-13-23;1-5(2,3)4/h3-13,16-17,22H,14-15,18-20H2,1-2H3,(H,34,39);1H3,(H,2,3,4). The number of carbonyl (C=O) groups is 2. The summed E-state index contributed by atoms with van der Waals surface area (Å²) in [6.07, 6.45) is 5.86. The second-order valence-corrected chi connectivity index (χ2v) is 12.5. The molecule has 4 heterocycles. The van der Waals surface area contributed by atoms with Crippen LogP contribution < -0.4 is 20.5 Å². The van der Waals surface area contributed by atoms with Crippen molar-refractivity contribution in [2.75, 3.05) is 31.4 Å². The molecule has 3 aromatic heterocycles. The van der Waals surface area contributed by atoms with E-state index < -0.39 is 10.1 Å². The predicted molar refractivity (Wildman–Crippen MR) is 176 cm³/mol. The minimum atomic E-state index is -3.67. The van der Waals surface area contributed by atoms with Crippen LogP contribution in [0.5, 0.6) is 5.75 Å². The molecule has 5 aromatic rings. The average molecular weight is 646 g/mol. The van der Waals surface area contributed by atoms with E-state index in [-0.39, 0.29) is 46.7 Å². The number of ether oxygens (including phenoxy) is 1. The lowest BCUT2D eigenvalue weighted by molar-refractivity contribution is 0.0918. The van der Waals surface area contributed by atoms with Crippen LogP contribution in [0.3, 0.4) is 0 Å². The number of hydrogen-bond donors (Lipinski definition) is 2. The number of methoxy groups -OCH3 is 1. The van der Waals surface area contributed by atoms with Crippen molar-refractivity contribution in [3.8, 4) is 5.75 Å². The fourth-order valence-electron chi connectivity index (χ4n) is 5.89. The Hall–Kier alpha value is -5.01. The minimum Gasteiger partial charge on any atom is -0.493 e. The molecule has 0 atom stereocenters. The van der Waals surface area contributed by atoms with E-state index in [1.54, 1.807) is 48.3 Å². The van der Waals surface area contributed by atoms with Gasteiger partial charge in [-0.2, -0.15) is 8.42 Å². The molecule has 0 aliphatic carbocycles. The highest BCUT2D eigenvalue weighted by molar-refractivity contribution is 7.85. The summed E-state index contributed by atoms with van der Waals surface area (Å²) < 4.78 is 34.8. The van der Waals surface area contributed by atoms with E-state index in [1.807, 2.05) is 42.5 Å². The summed E-state index contributed by atoms with van der Waals surface area (Å²) in [5.41, 5.74) is 2.78. The molecule has 2 aromatic carbocycles. The molecule has 12 nitrogen and oxygen atoms in total. The Morgan fingerprint density at radius 1 is 1.00 bits per heavy atom. The van der Waals surface area contributed by atoms with Crippen molar-refractivity contribution in [2.24, 2.45) is 7.05 Å². The van der Waals surface area contributed by atoms with Crippen molar-refractivity contribution in [3.05, 3.63) is 101 Å². The van der Waals surface area contributed by atoms with Gasteiger partial charge >= 0.3 is 0 Å². The Bertz CT molecular complexity index is 2040. The van der Waals surface area contributed by atoms with Gasteiger partial charge in [-0.15, -0.1) is 0 Å². The Labute approximate surface area is 266 Å². The number of ketones is 1. The molecule has 0 saturated carbocycles. The highest BCUT2D eigenvalue weighted by atomic mass is 32.2. The Morgan fingerprint density at radius 2 is 1.61 bits per heavy atom. The van der Waals surface area contributed by atoms with Gasteiger partial charge in [-0.1, -0.05) is 48.5 Å². The average Bonchev–Trinajstić information content (AvgIpc) is 3.35. The normalized spacial score (nSPS) is 13.7. The Kier molecular flexibility index (Phi) is 9.54. The zero-order valence-corrected chi connectivity index (χ0v) is 26.5. The lowest BCUT2D eigenvalue weighted by Crippen LogP contribution is -2.45. The number of aromatic nitrogens is 3. The number of benzene rings is 2. The van der Waals surface area contributed by atoms with Crippen LogP contribution in [0.4, 0.5) is 5.69 Å². The van der Waals surface area contributed by atoms with Crippen molar-refractivity contribution in [3.63, 3.8) is 0 Å². The summed E-state index contributed by atoms with van der Waals surface area (Å²) in [7, 11) is -0.427. The lowest BCUT2D eigenvalue weighted by Gasteiger charge is -2.33. The van der Waals surface area contributed by atoms with Crippen LogP contribution in [0.1, 0.15) is 33.7 Å². The molecule has 1 fully saturated rings. The fourth-order valence-corrected chi connectivity index (χ4v) is 5.89. The van der Waals surface area contributed by atoms with Gasteiger partial charge in [-0.05, 0) is 31.0 Å². The van der Waals surface area contributed by atoms with Gasteiger partial charge in [0.1, 0.15) is 5.39 Å². The monoisotopic (exact) mass is 645 g/mol. The number of amides is 1. The molecule has 0 spiro atoms. The van der Waals surface area contributed by atoms with E-state index in [9.17, 15) is 22.8 Å². The molecule has 1 aliphatic rings. The summed E-state index contributed by atoms with van der Waals surface area (Å²) in [6, 6.07) is 20.3. The summed E-state index contributed by atoms with van der Waals surface area (Å²) in [5, 5.41) is 4.22. The first-order chi connectivity index (χ1) is 22.0. The molecule has 1 amide bonds. The number of carbonyl (C=O) groups excluding carboxylic acids is 2. The maximum Gasteiger partial charge on any atom is 0.272 e. The first-order valence-corrected chi connectivity index (χ1v) is 16.5. The zero-order chi connectivity index (χ0) is 33.0. The number of Topliss-reactive ketones (excluding diaryl/α,β-unsaturated/α-hetero) is 1. The summed E-state index contributed by atoms with van der Waals surface area (Å²) in [6.45, 7) is 1.49. The number of piperidine rings is 1. The first-order valence-electron chi connectivity index (χ1n) is 14.6. The number of fused-ring (bicyclic) bond motifs is 3. The SMILES string of the molecule is COc1c(C(=O)NC2CCN(c3ccncc3)CC2)n(C)c2c1c(=O)n(CC(=O)c1ccccc1)c1ccccc21.CS(=O)(=O)O.